The number of aromatic nitrogens is 2. The molecule has 3 N–H and O–H groups in total. The summed E-state index contributed by atoms with van der Waals surface area (Å²) in [6, 6.07) is 3.87. The summed E-state index contributed by atoms with van der Waals surface area (Å²) in [6.07, 6.45) is 0.427. The molecule has 0 atom stereocenters. The first-order valence-electron chi connectivity index (χ1n) is 5.65. The van der Waals surface area contributed by atoms with Crippen LogP contribution in [0.5, 0.6) is 11.5 Å². The molecule has 1 heterocycles. The minimum atomic E-state index is -0.355. The van der Waals surface area contributed by atoms with Crippen LogP contribution in [0.3, 0.4) is 0 Å². The summed E-state index contributed by atoms with van der Waals surface area (Å²) in [4.78, 5) is 15.7. The number of hydrogen-bond acceptors (Lipinski definition) is 6. The first kappa shape index (κ1) is 12.9. The van der Waals surface area contributed by atoms with Gasteiger partial charge in [-0.1, -0.05) is 5.16 Å². The van der Waals surface area contributed by atoms with E-state index in [9.17, 15) is 9.90 Å². The van der Waals surface area contributed by atoms with Gasteiger partial charge in [0.25, 0.3) is 5.91 Å². The Kier molecular flexibility index (Phi) is 3.65. The number of rotatable bonds is 4. The highest BCUT2D eigenvalue weighted by molar-refractivity contribution is 5.94. The number of hydrogen-bond donors (Lipinski definition) is 3. The Bertz CT molecular complexity index is 594. The van der Waals surface area contributed by atoms with Crippen LogP contribution in [0.1, 0.15) is 22.1 Å². The number of carbonyl (C=O) groups excluding carboxylic acids is 1. The Balaban J connectivity index is 1.89. The highest BCUT2D eigenvalue weighted by atomic mass is 16.5. The molecule has 0 saturated heterocycles. The van der Waals surface area contributed by atoms with Crippen molar-refractivity contribution in [2.24, 2.45) is 0 Å². The lowest BCUT2D eigenvalue weighted by Crippen LogP contribution is -2.25. The van der Waals surface area contributed by atoms with E-state index in [1.165, 1.54) is 18.2 Å². The molecule has 0 radical (unpaired) electrons. The molecule has 1 amide bonds. The van der Waals surface area contributed by atoms with E-state index in [2.05, 4.69) is 15.5 Å². The average molecular weight is 263 g/mol. The van der Waals surface area contributed by atoms with Gasteiger partial charge in [-0.15, -0.1) is 0 Å². The Labute approximate surface area is 108 Å². The number of carbonyl (C=O) groups is 1. The minimum Gasteiger partial charge on any atom is -0.504 e. The Morgan fingerprint density at radius 2 is 2.16 bits per heavy atom. The molecular weight excluding hydrogens is 250 g/mol. The van der Waals surface area contributed by atoms with Crippen molar-refractivity contribution in [1.82, 2.24) is 15.5 Å². The summed E-state index contributed by atoms with van der Waals surface area (Å²) >= 11 is 0. The predicted molar refractivity (Wildman–Crippen MR) is 64.8 cm³/mol. The van der Waals surface area contributed by atoms with Crippen molar-refractivity contribution in [3.63, 3.8) is 0 Å². The van der Waals surface area contributed by atoms with Gasteiger partial charge in [0.15, 0.2) is 17.3 Å². The highest BCUT2D eigenvalue weighted by Crippen LogP contribution is 2.24. The quantitative estimate of drug-likeness (QED) is 0.703. The van der Waals surface area contributed by atoms with Gasteiger partial charge >= 0.3 is 0 Å². The van der Waals surface area contributed by atoms with Crippen LogP contribution < -0.4 is 5.32 Å². The molecule has 2 aromatic rings. The maximum absolute atomic E-state index is 11.7. The molecule has 0 fully saturated rings. The maximum Gasteiger partial charge on any atom is 0.251 e. The van der Waals surface area contributed by atoms with E-state index in [1.807, 2.05) is 0 Å². The Morgan fingerprint density at radius 3 is 2.79 bits per heavy atom. The number of phenols is 2. The summed E-state index contributed by atoms with van der Waals surface area (Å²) in [5.41, 5.74) is 0.261. The van der Waals surface area contributed by atoms with Crippen LogP contribution >= 0.6 is 0 Å². The molecule has 1 aromatic heterocycles. The lowest BCUT2D eigenvalue weighted by atomic mass is 10.2. The smallest absolute Gasteiger partial charge is 0.251 e. The molecule has 19 heavy (non-hydrogen) atoms. The molecule has 0 unspecified atom stereocenters. The van der Waals surface area contributed by atoms with Crippen molar-refractivity contribution in [2.75, 3.05) is 6.54 Å². The fourth-order valence-electron chi connectivity index (χ4n) is 1.49. The largest absolute Gasteiger partial charge is 0.504 e. The zero-order chi connectivity index (χ0) is 13.8. The van der Waals surface area contributed by atoms with Crippen molar-refractivity contribution in [2.45, 2.75) is 13.3 Å². The van der Waals surface area contributed by atoms with E-state index < -0.39 is 0 Å². The predicted octanol–water partition coefficient (Wildman–Crippen LogP) is 0.762. The molecule has 0 spiro atoms. The van der Waals surface area contributed by atoms with Gasteiger partial charge < -0.3 is 20.1 Å². The number of amides is 1. The standard InChI is InChI=1S/C12H13N3O4/c1-7-14-11(19-15-7)4-5-13-12(18)8-2-3-9(16)10(17)6-8/h2-3,6,16-17H,4-5H2,1H3,(H,13,18). The van der Waals surface area contributed by atoms with Crippen molar-refractivity contribution in [1.29, 1.82) is 0 Å². The molecule has 7 heteroatoms. The third kappa shape index (κ3) is 3.21. The topological polar surface area (TPSA) is 108 Å². The van der Waals surface area contributed by atoms with E-state index in [0.29, 0.717) is 24.7 Å². The van der Waals surface area contributed by atoms with Gasteiger partial charge in [0.05, 0.1) is 0 Å². The van der Waals surface area contributed by atoms with Crippen LogP contribution in [0.2, 0.25) is 0 Å². The molecular formula is C12H13N3O4. The first-order chi connectivity index (χ1) is 9.06. The van der Waals surface area contributed by atoms with Gasteiger partial charge in [-0.25, -0.2) is 0 Å². The SMILES string of the molecule is Cc1noc(CCNC(=O)c2ccc(O)c(O)c2)n1. The lowest BCUT2D eigenvalue weighted by Gasteiger charge is -2.04. The fraction of sp³-hybridized carbons (Fsp3) is 0.250. The highest BCUT2D eigenvalue weighted by Gasteiger charge is 2.09. The van der Waals surface area contributed by atoms with E-state index >= 15 is 0 Å². The van der Waals surface area contributed by atoms with Crippen LogP contribution in [-0.4, -0.2) is 32.8 Å². The number of phenolic OH excluding ortho intramolecular Hbond substituents is 2. The van der Waals surface area contributed by atoms with Crippen LogP contribution in [0.15, 0.2) is 22.7 Å². The third-order valence-corrected chi connectivity index (χ3v) is 2.43. The second kappa shape index (κ2) is 5.38. The Morgan fingerprint density at radius 1 is 1.37 bits per heavy atom. The van der Waals surface area contributed by atoms with Crippen molar-refractivity contribution in [3.05, 3.63) is 35.5 Å². The summed E-state index contributed by atoms with van der Waals surface area (Å²) in [5.74, 6) is 0.0423. The summed E-state index contributed by atoms with van der Waals surface area (Å²) < 4.78 is 4.90. The van der Waals surface area contributed by atoms with Crippen molar-refractivity contribution < 1.29 is 19.5 Å². The number of nitrogens with zero attached hydrogens (tertiary/aromatic N) is 2. The van der Waals surface area contributed by atoms with Crippen LogP contribution in [0, 0.1) is 6.92 Å². The van der Waals surface area contributed by atoms with E-state index in [4.69, 9.17) is 9.63 Å². The molecule has 0 aliphatic heterocycles. The number of aryl methyl sites for hydroxylation is 1. The van der Waals surface area contributed by atoms with Gasteiger partial charge in [-0.2, -0.15) is 4.98 Å². The van der Waals surface area contributed by atoms with Crippen LogP contribution in [0.25, 0.3) is 0 Å². The number of benzene rings is 1. The summed E-state index contributed by atoms with van der Waals surface area (Å²) in [6.45, 7) is 2.05. The van der Waals surface area contributed by atoms with Gasteiger partial charge in [0.1, 0.15) is 0 Å². The van der Waals surface area contributed by atoms with Crippen LogP contribution in [-0.2, 0) is 6.42 Å². The zero-order valence-electron chi connectivity index (χ0n) is 10.3. The lowest BCUT2D eigenvalue weighted by molar-refractivity contribution is 0.0953. The maximum atomic E-state index is 11.7. The van der Waals surface area contributed by atoms with E-state index in [0.717, 1.165) is 0 Å². The monoisotopic (exact) mass is 263 g/mol. The summed E-state index contributed by atoms with van der Waals surface area (Å²) in [5, 5.41) is 24.7. The molecule has 100 valence electrons. The van der Waals surface area contributed by atoms with E-state index in [1.54, 1.807) is 6.92 Å². The second-order valence-corrected chi connectivity index (χ2v) is 3.94. The molecule has 0 saturated carbocycles. The van der Waals surface area contributed by atoms with Crippen LogP contribution in [0.4, 0.5) is 0 Å². The molecule has 7 nitrogen and oxygen atoms in total. The number of nitrogens with one attached hydrogen (secondary N) is 1. The molecule has 1 aromatic carbocycles. The molecule has 0 aliphatic carbocycles. The van der Waals surface area contributed by atoms with E-state index in [-0.39, 0.29) is 23.0 Å². The van der Waals surface area contributed by atoms with Gasteiger partial charge in [-0.05, 0) is 25.1 Å². The minimum absolute atomic E-state index is 0.261. The van der Waals surface area contributed by atoms with Gasteiger partial charge in [-0.3, -0.25) is 4.79 Å². The fourth-order valence-corrected chi connectivity index (χ4v) is 1.49. The van der Waals surface area contributed by atoms with Crippen molar-refractivity contribution >= 4 is 5.91 Å². The molecule has 2 rings (SSSR count). The first-order valence-corrected chi connectivity index (χ1v) is 5.65. The van der Waals surface area contributed by atoms with Gasteiger partial charge in [0, 0.05) is 18.5 Å². The second-order valence-electron chi connectivity index (χ2n) is 3.94. The summed E-state index contributed by atoms with van der Waals surface area (Å²) in [7, 11) is 0. The molecule has 0 aliphatic rings. The van der Waals surface area contributed by atoms with Crippen molar-refractivity contribution in [3.8, 4) is 11.5 Å². The normalized spacial score (nSPS) is 10.4. The average Bonchev–Trinajstić information content (AvgIpc) is 2.78. The third-order valence-electron chi connectivity index (χ3n) is 2.43. The Hall–Kier alpha value is -2.57. The zero-order valence-corrected chi connectivity index (χ0v) is 10.3. The molecule has 0 bridgehead atoms. The van der Waals surface area contributed by atoms with Gasteiger partial charge in [0.2, 0.25) is 5.89 Å². The number of aromatic hydroxyl groups is 2.